The van der Waals surface area contributed by atoms with Gasteiger partial charge in [-0.25, -0.2) is 4.68 Å². The normalized spacial score (nSPS) is 15.5. The van der Waals surface area contributed by atoms with Gasteiger partial charge in [-0.1, -0.05) is 17.7 Å². The van der Waals surface area contributed by atoms with E-state index in [1.807, 2.05) is 23.1 Å². The monoisotopic (exact) mass is 366 g/mol. The number of benzene rings is 1. The van der Waals surface area contributed by atoms with Crippen LogP contribution in [0.25, 0.3) is 16.7 Å². The second kappa shape index (κ2) is 7.29. The lowest BCUT2D eigenvalue weighted by Crippen LogP contribution is -2.39. The summed E-state index contributed by atoms with van der Waals surface area (Å²) in [4.78, 5) is 15.2. The third-order valence-electron chi connectivity index (χ3n) is 5.31. The molecular weight excluding hydrogens is 340 g/mol. The van der Waals surface area contributed by atoms with Gasteiger partial charge in [0.05, 0.1) is 24.6 Å². The van der Waals surface area contributed by atoms with Crippen molar-refractivity contribution in [3.05, 3.63) is 57.5 Å². The molecule has 1 aliphatic heterocycles. The molecule has 0 bridgehead atoms. The van der Waals surface area contributed by atoms with Crippen LogP contribution >= 0.6 is 0 Å². The molecule has 0 atom stereocenters. The first-order chi connectivity index (χ1) is 13.0. The molecule has 6 nitrogen and oxygen atoms in total. The van der Waals surface area contributed by atoms with E-state index in [0.29, 0.717) is 6.54 Å². The van der Waals surface area contributed by atoms with Crippen molar-refractivity contribution in [3.63, 3.8) is 0 Å². The first kappa shape index (κ1) is 17.9. The molecule has 0 amide bonds. The molecule has 0 unspecified atom stereocenters. The standard InChI is InChI=1S/C21H26N4O2/c1-15-4-6-18(7-5-15)25-21-20(17(3)22-25)16(2)14-19(26)24(21)9-8-23-10-12-27-13-11-23/h4-7,14H,8-13H2,1-3H3. The molecule has 1 aliphatic rings. The minimum Gasteiger partial charge on any atom is -0.379 e. The lowest BCUT2D eigenvalue weighted by Gasteiger charge is -2.27. The number of pyridine rings is 1. The lowest BCUT2D eigenvalue weighted by molar-refractivity contribution is 0.0364. The van der Waals surface area contributed by atoms with Crippen LogP contribution in [0, 0.1) is 20.8 Å². The van der Waals surface area contributed by atoms with E-state index in [1.54, 1.807) is 6.07 Å². The minimum atomic E-state index is 0.0292. The minimum absolute atomic E-state index is 0.0292. The molecule has 0 radical (unpaired) electrons. The molecule has 27 heavy (non-hydrogen) atoms. The fourth-order valence-electron chi connectivity index (χ4n) is 3.81. The Kier molecular flexibility index (Phi) is 4.85. The van der Waals surface area contributed by atoms with Crippen molar-refractivity contribution in [2.75, 3.05) is 32.8 Å². The summed E-state index contributed by atoms with van der Waals surface area (Å²) < 4.78 is 9.21. The highest BCUT2D eigenvalue weighted by atomic mass is 16.5. The van der Waals surface area contributed by atoms with Crippen LogP contribution in [0.3, 0.4) is 0 Å². The maximum Gasteiger partial charge on any atom is 0.252 e. The van der Waals surface area contributed by atoms with E-state index in [9.17, 15) is 4.79 Å². The molecule has 1 saturated heterocycles. The Morgan fingerprint density at radius 1 is 1.04 bits per heavy atom. The predicted molar refractivity (Wildman–Crippen MR) is 107 cm³/mol. The summed E-state index contributed by atoms with van der Waals surface area (Å²) >= 11 is 0. The Bertz CT molecular complexity index is 1010. The molecule has 0 saturated carbocycles. The number of aryl methyl sites for hydroxylation is 3. The van der Waals surface area contributed by atoms with E-state index in [4.69, 9.17) is 9.84 Å². The van der Waals surface area contributed by atoms with E-state index < -0.39 is 0 Å². The van der Waals surface area contributed by atoms with Gasteiger partial charge in [-0.3, -0.25) is 14.3 Å². The number of aromatic nitrogens is 3. The number of morpholine rings is 1. The first-order valence-electron chi connectivity index (χ1n) is 9.51. The van der Waals surface area contributed by atoms with Crippen molar-refractivity contribution in [1.82, 2.24) is 19.2 Å². The molecule has 0 aliphatic carbocycles. The maximum absolute atomic E-state index is 12.9. The summed E-state index contributed by atoms with van der Waals surface area (Å²) in [5, 5.41) is 5.84. The van der Waals surface area contributed by atoms with Crippen LogP contribution in [0.4, 0.5) is 0 Å². The Morgan fingerprint density at radius 3 is 2.44 bits per heavy atom. The van der Waals surface area contributed by atoms with Crippen molar-refractivity contribution >= 4 is 11.0 Å². The van der Waals surface area contributed by atoms with Gasteiger partial charge in [-0.05, 0) is 38.5 Å². The SMILES string of the molecule is Cc1ccc(-n2nc(C)c3c(C)cc(=O)n(CCN4CCOCC4)c32)cc1. The molecule has 4 rings (SSSR count). The zero-order chi connectivity index (χ0) is 19.0. The van der Waals surface area contributed by atoms with Crippen molar-refractivity contribution in [3.8, 4) is 5.69 Å². The van der Waals surface area contributed by atoms with Gasteiger partial charge in [0.2, 0.25) is 0 Å². The van der Waals surface area contributed by atoms with Crippen molar-refractivity contribution in [2.45, 2.75) is 27.3 Å². The van der Waals surface area contributed by atoms with Gasteiger partial charge in [-0.2, -0.15) is 5.10 Å². The van der Waals surface area contributed by atoms with Crippen molar-refractivity contribution in [1.29, 1.82) is 0 Å². The molecular formula is C21H26N4O2. The molecule has 142 valence electrons. The third-order valence-corrected chi connectivity index (χ3v) is 5.31. The van der Waals surface area contributed by atoms with Gasteiger partial charge in [0.15, 0.2) is 0 Å². The summed E-state index contributed by atoms with van der Waals surface area (Å²) in [7, 11) is 0. The lowest BCUT2D eigenvalue weighted by atomic mass is 10.1. The van der Waals surface area contributed by atoms with E-state index in [-0.39, 0.29) is 5.56 Å². The average Bonchev–Trinajstić information content (AvgIpc) is 3.00. The molecule has 3 aromatic rings. The zero-order valence-electron chi connectivity index (χ0n) is 16.2. The van der Waals surface area contributed by atoms with Gasteiger partial charge >= 0.3 is 0 Å². The van der Waals surface area contributed by atoms with Gasteiger partial charge in [0.25, 0.3) is 5.56 Å². The predicted octanol–water partition coefficient (Wildman–Crippen LogP) is 2.44. The van der Waals surface area contributed by atoms with E-state index in [2.05, 4.69) is 36.1 Å². The summed E-state index contributed by atoms with van der Waals surface area (Å²) in [5.41, 5.74) is 5.02. The summed E-state index contributed by atoms with van der Waals surface area (Å²) in [6.45, 7) is 10.9. The number of fused-ring (bicyclic) bond motifs is 1. The summed E-state index contributed by atoms with van der Waals surface area (Å²) in [6.07, 6.45) is 0. The van der Waals surface area contributed by atoms with Crippen LogP contribution in [0.2, 0.25) is 0 Å². The van der Waals surface area contributed by atoms with Crippen molar-refractivity contribution in [2.24, 2.45) is 0 Å². The van der Waals surface area contributed by atoms with Crippen LogP contribution in [0.15, 0.2) is 35.1 Å². The fourth-order valence-corrected chi connectivity index (χ4v) is 3.81. The molecule has 0 N–H and O–H groups in total. The van der Waals surface area contributed by atoms with Gasteiger partial charge in [0, 0.05) is 37.6 Å². The van der Waals surface area contributed by atoms with Crippen LogP contribution in [-0.2, 0) is 11.3 Å². The Labute approximate surface area is 159 Å². The fraction of sp³-hybridized carbons (Fsp3) is 0.429. The van der Waals surface area contributed by atoms with E-state index in [0.717, 1.165) is 60.8 Å². The second-order valence-corrected chi connectivity index (χ2v) is 7.30. The Morgan fingerprint density at radius 2 is 1.74 bits per heavy atom. The van der Waals surface area contributed by atoms with Crippen molar-refractivity contribution < 1.29 is 4.74 Å². The highest BCUT2D eigenvalue weighted by Gasteiger charge is 2.18. The highest BCUT2D eigenvalue weighted by molar-refractivity contribution is 5.83. The van der Waals surface area contributed by atoms with Crippen LogP contribution < -0.4 is 5.56 Å². The van der Waals surface area contributed by atoms with Gasteiger partial charge in [-0.15, -0.1) is 0 Å². The molecule has 2 aromatic heterocycles. The quantitative estimate of drug-likeness (QED) is 0.712. The number of rotatable bonds is 4. The Balaban J connectivity index is 1.81. The Hall–Kier alpha value is -2.44. The molecule has 1 aromatic carbocycles. The van der Waals surface area contributed by atoms with Crippen LogP contribution in [-0.4, -0.2) is 52.1 Å². The highest BCUT2D eigenvalue weighted by Crippen LogP contribution is 2.24. The molecule has 0 spiro atoms. The van der Waals surface area contributed by atoms with E-state index in [1.165, 1.54) is 5.56 Å². The topological polar surface area (TPSA) is 52.3 Å². The third kappa shape index (κ3) is 3.42. The maximum atomic E-state index is 12.9. The summed E-state index contributed by atoms with van der Waals surface area (Å²) in [6, 6.07) is 9.99. The van der Waals surface area contributed by atoms with Crippen LogP contribution in [0.1, 0.15) is 16.8 Å². The average molecular weight is 366 g/mol. The van der Waals surface area contributed by atoms with E-state index >= 15 is 0 Å². The zero-order valence-corrected chi connectivity index (χ0v) is 16.2. The second-order valence-electron chi connectivity index (χ2n) is 7.30. The number of hydrogen-bond acceptors (Lipinski definition) is 4. The number of ether oxygens (including phenoxy) is 1. The molecule has 1 fully saturated rings. The number of hydrogen-bond donors (Lipinski definition) is 0. The smallest absolute Gasteiger partial charge is 0.252 e. The number of nitrogens with zero attached hydrogens (tertiary/aromatic N) is 4. The largest absolute Gasteiger partial charge is 0.379 e. The molecule has 3 heterocycles. The van der Waals surface area contributed by atoms with Gasteiger partial charge < -0.3 is 4.74 Å². The molecule has 6 heteroatoms. The van der Waals surface area contributed by atoms with Crippen LogP contribution in [0.5, 0.6) is 0 Å². The first-order valence-corrected chi connectivity index (χ1v) is 9.51. The van der Waals surface area contributed by atoms with Gasteiger partial charge in [0.1, 0.15) is 5.65 Å². The summed E-state index contributed by atoms with van der Waals surface area (Å²) in [5.74, 6) is 0.